The first-order valence-corrected chi connectivity index (χ1v) is 5.20. The Kier molecular flexibility index (Phi) is 4.19. The molecule has 0 bridgehead atoms. The third-order valence-corrected chi connectivity index (χ3v) is 2.21. The van der Waals surface area contributed by atoms with E-state index in [1.807, 2.05) is 0 Å². The first-order valence-electron chi connectivity index (χ1n) is 3.79. The molecule has 5 nitrogen and oxygen atoms in total. The maximum Gasteiger partial charge on any atom is 0.357 e. The van der Waals surface area contributed by atoms with E-state index in [0.29, 0.717) is 0 Å². The molecule has 0 aliphatic carbocycles. The first-order chi connectivity index (χ1) is 7.10. The Morgan fingerprint density at radius 2 is 1.93 bits per heavy atom. The second kappa shape index (κ2) is 5.20. The molecule has 7 heteroatoms. The molecule has 0 fully saturated rings. The van der Waals surface area contributed by atoms with Crippen molar-refractivity contribution >= 4 is 23.0 Å². The molecule has 1 aromatic carbocycles. The molecular weight excluding hydrogens is 244 g/mol. The van der Waals surface area contributed by atoms with Crippen molar-refractivity contribution in [2.75, 3.05) is 14.2 Å². The molecule has 0 spiro atoms. The van der Waals surface area contributed by atoms with E-state index in [2.05, 4.69) is 4.18 Å². The first kappa shape index (κ1) is 12.1. The monoisotopic (exact) mass is 252 g/mol. The molecule has 0 heterocycles. The van der Waals surface area contributed by atoms with Gasteiger partial charge in [0.05, 0.1) is 19.2 Å². The van der Waals surface area contributed by atoms with Crippen molar-refractivity contribution in [3.05, 3.63) is 17.2 Å². The number of hydrogen-bond donors (Lipinski definition) is 1. The van der Waals surface area contributed by atoms with Crippen LogP contribution in [0, 0.1) is 0 Å². The summed E-state index contributed by atoms with van der Waals surface area (Å²) < 4.78 is 33.7. The van der Waals surface area contributed by atoms with Crippen molar-refractivity contribution in [2.24, 2.45) is 0 Å². The van der Waals surface area contributed by atoms with E-state index in [4.69, 9.17) is 25.6 Å². The average Bonchev–Trinajstić information content (AvgIpc) is 2.18. The van der Waals surface area contributed by atoms with Crippen LogP contribution in [0.1, 0.15) is 0 Å². The van der Waals surface area contributed by atoms with Gasteiger partial charge in [-0.15, -0.1) is 0 Å². The Morgan fingerprint density at radius 3 is 2.40 bits per heavy atom. The molecule has 15 heavy (non-hydrogen) atoms. The summed E-state index contributed by atoms with van der Waals surface area (Å²) >= 11 is 3.33. The largest absolute Gasteiger partial charge is 0.493 e. The van der Waals surface area contributed by atoms with Crippen LogP contribution in [0.5, 0.6) is 17.2 Å². The van der Waals surface area contributed by atoms with Gasteiger partial charge in [-0.1, -0.05) is 11.6 Å². The highest BCUT2D eigenvalue weighted by Gasteiger charge is 2.17. The van der Waals surface area contributed by atoms with Crippen LogP contribution in [0.2, 0.25) is 5.02 Å². The van der Waals surface area contributed by atoms with Gasteiger partial charge in [0.15, 0.2) is 11.5 Å². The lowest BCUT2D eigenvalue weighted by molar-refractivity contribution is 0.357. The zero-order valence-electron chi connectivity index (χ0n) is 8.02. The van der Waals surface area contributed by atoms with E-state index >= 15 is 0 Å². The maximum atomic E-state index is 10.6. The number of hydrogen-bond acceptors (Lipinski definition) is 4. The molecule has 0 amide bonds. The molecule has 0 saturated carbocycles. The topological polar surface area (TPSA) is 65.0 Å². The van der Waals surface area contributed by atoms with Gasteiger partial charge in [-0.25, -0.2) is 0 Å². The Morgan fingerprint density at radius 1 is 1.27 bits per heavy atom. The Hall–Kier alpha value is -0.980. The summed E-state index contributed by atoms with van der Waals surface area (Å²) in [6.45, 7) is 0. The summed E-state index contributed by atoms with van der Waals surface area (Å²) in [7, 11) is 2.77. The van der Waals surface area contributed by atoms with E-state index in [9.17, 15) is 4.21 Å². The van der Waals surface area contributed by atoms with Crippen LogP contribution in [-0.4, -0.2) is 23.0 Å². The molecule has 0 aliphatic heterocycles. The molecule has 0 aliphatic rings. The minimum absolute atomic E-state index is 0.00617. The van der Waals surface area contributed by atoms with Gasteiger partial charge in [0.1, 0.15) is 0 Å². The van der Waals surface area contributed by atoms with Crippen molar-refractivity contribution in [1.82, 2.24) is 0 Å². The lowest BCUT2D eigenvalue weighted by atomic mass is 10.3. The van der Waals surface area contributed by atoms with Gasteiger partial charge in [-0.2, -0.15) is 4.21 Å². The minimum Gasteiger partial charge on any atom is -0.493 e. The van der Waals surface area contributed by atoms with Crippen molar-refractivity contribution < 1.29 is 22.4 Å². The molecule has 0 radical (unpaired) electrons. The van der Waals surface area contributed by atoms with Crippen LogP contribution in [0.4, 0.5) is 0 Å². The Balaban J connectivity index is 3.26. The molecule has 0 aromatic heterocycles. The summed E-state index contributed by atoms with van der Waals surface area (Å²) in [5.41, 5.74) is 0. The minimum atomic E-state index is -2.47. The van der Waals surface area contributed by atoms with Crippen LogP contribution < -0.4 is 13.7 Å². The quantitative estimate of drug-likeness (QED) is 0.829. The summed E-state index contributed by atoms with van der Waals surface area (Å²) in [6.07, 6.45) is 0. The zero-order chi connectivity index (χ0) is 11.4. The van der Waals surface area contributed by atoms with Crippen molar-refractivity contribution in [3.63, 3.8) is 0 Å². The highest BCUT2D eigenvalue weighted by atomic mass is 35.5. The van der Waals surface area contributed by atoms with Crippen LogP contribution in [-0.2, 0) is 11.4 Å². The summed E-state index contributed by atoms with van der Waals surface area (Å²) in [5.74, 6) is 0.408. The molecule has 1 unspecified atom stereocenters. The van der Waals surface area contributed by atoms with E-state index in [1.54, 1.807) is 0 Å². The van der Waals surface area contributed by atoms with E-state index in [0.717, 1.165) is 0 Å². The normalized spacial score (nSPS) is 12.0. The van der Waals surface area contributed by atoms with E-state index in [-0.39, 0.29) is 22.3 Å². The average molecular weight is 253 g/mol. The predicted octanol–water partition coefficient (Wildman–Crippen LogP) is 1.87. The van der Waals surface area contributed by atoms with Crippen molar-refractivity contribution in [2.45, 2.75) is 0 Å². The highest BCUT2D eigenvalue weighted by molar-refractivity contribution is 7.74. The van der Waals surface area contributed by atoms with E-state index < -0.39 is 11.4 Å². The predicted molar refractivity (Wildman–Crippen MR) is 56.0 cm³/mol. The lowest BCUT2D eigenvalue weighted by Crippen LogP contribution is -2.02. The third-order valence-electron chi connectivity index (χ3n) is 1.61. The third kappa shape index (κ3) is 2.74. The summed E-state index contributed by atoms with van der Waals surface area (Å²) in [4.78, 5) is 0. The highest BCUT2D eigenvalue weighted by Crippen LogP contribution is 2.42. The van der Waals surface area contributed by atoms with Crippen molar-refractivity contribution in [1.29, 1.82) is 0 Å². The van der Waals surface area contributed by atoms with Gasteiger partial charge in [0, 0.05) is 0 Å². The summed E-state index contributed by atoms with van der Waals surface area (Å²) in [6, 6.07) is 3.04. The molecule has 84 valence electrons. The lowest BCUT2D eigenvalue weighted by Gasteiger charge is -2.12. The van der Waals surface area contributed by atoms with Crippen LogP contribution in [0.3, 0.4) is 0 Å². The fourth-order valence-corrected chi connectivity index (χ4v) is 1.55. The van der Waals surface area contributed by atoms with Crippen molar-refractivity contribution in [3.8, 4) is 17.2 Å². The van der Waals surface area contributed by atoms with Gasteiger partial charge in [-0.3, -0.25) is 4.55 Å². The number of benzene rings is 1. The SMILES string of the molecule is COc1ccc(Cl)c(OC)c1OS(=O)O. The van der Waals surface area contributed by atoms with Crippen LogP contribution >= 0.6 is 11.6 Å². The molecule has 1 N–H and O–H groups in total. The Bertz CT molecular complexity index is 382. The molecule has 0 saturated heterocycles. The number of rotatable bonds is 4. The summed E-state index contributed by atoms with van der Waals surface area (Å²) in [5, 5.41) is 0.263. The van der Waals surface area contributed by atoms with Gasteiger partial charge < -0.3 is 13.7 Å². The fourth-order valence-electron chi connectivity index (χ4n) is 1.02. The molecular formula is C8H9ClO5S. The maximum absolute atomic E-state index is 10.6. The molecule has 1 rings (SSSR count). The second-order valence-electron chi connectivity index (χ2n) is 2.41. The van der Waals surface area contributed by atoms with Crippen LogP contribution in [0.15, 0.2) is 12.1 Å². The Labute approximate surface area is 94.4 Å². The van der Waals surface area contributed by atoms with Gasteiger partial charge in [-0.05, 0) is 12.1 Å². The van der Waals surface area contributed by atoms with E-state index in [1.165, 1.54) is 26.4 Å². The number of methoxy groups -OCH3 is 2. The fraction of sp³-hybridized carbons (Fsp3) is 0.250. The standard InChI is InChI=1S/C8H9ClO5S/c1-12-6-4-3-5(9)7(13-2)8(6)14-15(10)11/h3-4H,1-2H3,(H,10,11). The molecule has 1 atom stereocenters. The molecule has 1 aromatic rings. The van der Waals surface area contributed by atoms with Gasteiger partial charge in [0.2, 0.25) is 5.75 Å². The van der Waals surface area contributed by atoms with Crippen LogP contribution in [0.25, 0.3) is 0 Å². The van der Waals surface area contributed by atoms with Gasteiger partial charge in [0.25, 0.3) is 0 Å². The number of ether oxygens (including phenoxy) is 2. The zero-order valence-corrected chi connectivity index (χ0v) is 9.59. The number of halogens is 1. The van der Waals surface area contributed by atoms with Gasteiger partial charge >= 0.3 is 11.4 Å². The second-order valence-corrected chi connectivity index (χ2v) is 3.42. The smallest absolute Gasteiger partial charge is 0.357 e.